The zero-order chi connectivity index (χ0) is 12.4. The third kappa shape index (κ3) is 2.72. The fourth-order valence-corrected chi connectivity index (χ4v) is 1.96. The Balaban J connectivity index is 2.43. The van der Waals surface area contributed by atoms with Crippen LogP contribution in [0.2, 0.25) is 0 Å². The molecule has 0 aliphatic rings. The molecular formula is C14H10FIO. The van der Waals surface area contributed by atoms with Crippen LogP contribution in [-0.2, 0) is 0 Å². The molecule has 3 heteroatoms. The highest BCUT2D eigenvalue weighted by molar-refractivity contribution is 14.1. The van der Waals surface area contributed by atoms with Crippen molar-refractivity contribution in [3.8, 4) is 0 Å². The first-order valence-corrected chi connectivity index (χ1v) is 6.22. The Bertz CT molecular complexity index is 561. The van der Waals surface area contributed by atoms with Crippen molar-refractivity contribution in [1.82, 2.24) is 0 Å². The quantitative estimate of drug-likeness (QED) is 0.597. The van der Waals surface area contributed by atoms with E-state index < -0.39 is 0 Å². The van der Waals surface area contributed by atoms with Gasteiger partial charge in [-0.2, -0.15) is 0 Å². The molecule has 0 heterocycles. The van der Waals surface area contributed by atoms with Crippen LogP contribution < -0.4 is 0 Å². The van der Waals surface area contributed by atoms with Crippen LogP contribution in [0.15, 0.2) is 42.5 Å². The summed E-state index contributed by atoms with van der Waals surface area (Å²) in [6, 6.07) is 11.5. The number of benzene rings is 2. The Labute approximate surface area is 113 Å². The summed E-state index contributed by atoms with van der Waals surface area (Å²) in [5.74, 6) is -0.525. The topological polar surface area (TPSA) is 17.1 Å². The predicted octanol–water partition coefficient (Wildman–Crippen LogP) is 3.97. The number of hydrogen-bond donors (Lipinski definition) is 0. The van der Waals surface area contributed by atoms with Crippen LogP contribution >= 0.6 is 22.6 Å². The van der Waals surface area contributed by atoms with E-state index in [1.165, 1.54) is 12.1 Å². The molecule has 0 amide bonds. The second kappa shape index (κ2) is 4.96. The second-order valence-corrected chi connectivity index (χ2v) is 5.04. The fraction of sp³-hybridized carbons (Fsp3) is 0.0714. The number of carbonyl (C=O) groups is 1. The fourth-order valence-electron chi connectivity index (χ4n) is 1.60. The van der Waals surface area contributed by atoms with Crippen molar-refractivity contribution in [3.05, 3.63) is 68.5 Å². The van der Waals surface area contributed by atoms with Gasteiger partial charge in [-0.3, -0.25) is 4.79 Å². The lowest BCUT2D eigenvalue weighted by atomic mass is 9.99. The molecule has 1 nitrogen and oxygen atoms in total. The molecule has 0 atom stereocenters. The summed E-state index contributed by atoms with van der Waals surface area (Å²) in [5, 5.41) is 0. The van der Waals surface area contributed by atoms with Gasteiger partial charge in [-0.15, -0.1) is 0 Å². The molecular weight excluding hydrogens is 330 g/mol. The Hall–Kier alpha value is -1.23. The van der Waals surface area contributed by atoms with Crippen molar-refractivity contribution in [1.29, 1.82) is 0 Å². The molecule has 2 rings (SSSR count). The molecule has 0 saturated carbocycles. The molecule has 0 spiro atoms. The first kappa shape index (κ1) is 12.2. The lowest BCUT2D eigenvalue weighted by Crippen LogP contribution is -2.04. The maximum atomic E-state index is 13.1. The highest BCUT2D eigenvalue weighted by atomic mass is 127. The summed E-state index contributed by atoms with van der Waals surface area (Å²) in [6.07, 6.45) is 0. The molecule has 0 N–H and O–H groups in total. The van der Waals surface area contributed by atoms with Crippen molar-refractivity contribution in [2.75, 3.05) is 0 Å². The number of aryl methyl sites for hydroxylation is 1. The minimum absolute atomic E-state index is 0.140. The molecule has 0 fully saturated rings. The molecule has 86 valence electrons. The third-order valence-corrected chi connectivity index (χ3v) is 3.27. The van der Waals surface area contributed by atoms with Gasteiger partial charge in [0.1, 0.15) is 5.82 Å². The maximum Gasteiger partial charge on any atom is 0.193 e. The van der Waals surface area contributed by atoms with Gasteiger partial charge in [-0.05, 0) is 71.5 Å². The van der Waals surface area contributed by atoms with E-state index in [1.807, 2.05) is 12.1 Å². The zero-order valence-electron chi connectivity index (χ0n) is 9.21. The maximum absolute atomic E-state index is 13.1. The zero-order valence-corrected chi connectivity index (χ0v) is 11.4. The van der Waals surface area contributed by atoms with E-state index in [1.54, 1.807) is 25.1 Å². The molecule has 17 heavy (non-hydrogen) atoms. The van der Waals surface area contributed by atoms with Gasteiger partial charge < -0.3 is 0 Å². The smallest absolute Gasteiger partial charge is 0.193 e. The number of rotatable bonds is 2. The average molecular weight is 340 g/mol. The van der Waals surface area contributed by atoms with Gasteiger partial charge in [0.2, 0.25) is 0 Å². The summed E-state index contributed by atoms with van der Waals surface area (Å²) in [6.45, 7) is 1.80. The lowest BCUT2D eigenvalue weighted by molar-refractivity contribution is 0.103. The summed E-state index contributed by atoms with van der Waals surface area (Å²) >= 11 is 2.18. The molecule has 0 bridgehead atoms. The SMILES string of the molecule is Cc1ccc(F)cc1C(=O)c1ccc(I)cc1. The first-order valence-electron chi connectivity index (χ1n) is 5.14. The van der Waals surface area contributed by atoms with E-state index in [0.29, 0.717) is 11.1 Å². The van der Waals surface area contributed by atoms with Gasteiger partial charge in [0.25, 0.3) is 0 Å². The highest BCUT2D eigenvalue weighted by Crippen LogP contribution is 2.16. The van der Waals surface area contributed by atoms with Crippen molar-refractivity contribution in [2.24, 2.45) is 0 Å². The minimum atomic E-state index is -0.385. The Morgan fingerprint density at radius 3 is 2.41 bits per heavy atom. The van der Waals surface area contributed by atoms with Crippen LogP contribution in [0.1, 0.15) is 21.5 Å². The van der Waals surface area contributed by atoms with Gasteiger partial charge in [0, 0.05) is 14.7 Å². The molecule has 2 aromatic carbocycles. The van der Waals surface area contributed by atoms with Crippen LogP contribution in [0.25, 0.3) is 0 Å². The molecule has 0 aliphatic heterocycles. The van der Waals surface area contributed by atoms with Gasteiger partial charge in [-0.25, -0.2) is 4.39 Å². The van der Waals surface area contributed by atoms with Crippen LogP contribution in [0.5, 0.6) is 0 Å². The minimum Gasteiger partial charge on any atom is -0.289 e. The number of halogens is 2. The van der Waals surface area contributed by atoms with Gasteiger partial charge in [0.15, 0.2) is 5.78 Å². The standard InChI is InChI=1S/C14H10FIO/c1-9-2-5-11(15)8-13(9)14(17)10-3-6-12(16)7-4-10/h2-8H,1H3. The van der Waals surface area contributed by atoms with Crippen molar-refractivity contribution >= 4 is 28.4 Å². The lowest BCUT2D eigenvalue weighted by Gasteiger charge is -2.05. The van der Waals surface area contributed by atoms with Crippen LogP contribution in [0.4, 0.5) is 4.39 Å². The van der Waals surface area contributed by atoms with E-state index in [4.69, 9.17) is 0 Å². The number of ketones is 1. The van der Waals surface area contributed by atoms with E-state index in [9.17, 15) is 9.18 Å². The average Bonchev–Trinajstić information content (AvgIpc) is 2.32. The number of hydrogen-bond acceptors (Lipinski definition) is 1. The van der Waals surface area contributed by atoms with Gasteiger partial charge >= 0.3 is 0 Å². The van der Waals surface area contributed by atoms with E-state index in [0.717, 1.165) is 9.13 Å². The monoisotopic (exact) mass is 340 g/mol. The highest BCUT2D eigenvalue weighted by Gasteiger charge is 2.12. The van der Waals surface area contributed by atoms with Crippen molar-refractivity contribution in [2.45, 2.75) is 6.92 Å². The van der Waals surface area contributed by atoms with Gasteiger partial charge in [0.05, 0.1) is 0 Å². The summed E-state index contributed by atoms with van der Waals surface area (Å²) < 4.78 is 14.2. The Kier molecular flexibility index (Phi) is 3.57. The van der Waals surface area contributed by atoms with Crippen LogP contribution in [0.3, 0.4) is 0 Å². The summed E-state index contributed by atoms with van der Waals surface area (Å²) in [4.78, 5) is 12.2. The molecule has 0 saturated heterocycles. The van der Waals surface area contributed by atoms with E-state index >= 15 is 0 Å². The third-order valence-electron chi connectivity index (χ3n) is 2.55. The Morgan fingerprint density at radius 1 is 1.12 bits per heavy atom. The summed E-state index contributed by atoms with van der Waals surface area (Å²) in [7, 11) is 0. The normalized spacial score (nSPS) is 10.3. The number of carbonyl (C=O) groups excluding carboxylic acids is 1. The molecule has 0 aromatic heterocycles. The van der Waals surface area contributed by atoms with E-state index in [-0.39, 0.29) is 11.6 Å². The van der Waals surface area contributed by atoms with Crippen LogP contribution in [-0.4, -0.2) is 5.78 Å². The molecule has 0 aliphatic carbocycles. The molecule has 2 aromatic rings. The molecule has 0 radical (unpaired) electrons. The summed E-state index contributed by atoms with van der Waals surface area (Å²) in [5.41, 5.74) is 1.79. The Morgan fingerprint density at radius 2 is 1.76 bits per heavy atom. The van der Waals surface area contributed by atoms with E-state index in [2.05, 4.69) is 22.6 Å². The van der Waals surface area contributed by atoms with Crippen LogP contribution in [0, 0.1) is 16.3 Å². The predicted molar refractivity (Wildman–Crippen MR) is 73.7 cm³/mol. The molecule has 0 unspecified atom stereocenters. The van der Waals surface area contributed by atoms with Gasteiger partial charge in [-0.1, -0.05) is 6.07 Å². The van der Waals surface area contributed by atoms with Crippen molar-refractivity contribution in [3.63, 3.8) is 0 Å². The van der Waals surface area contributed by atoms with Crippen molar-refractivity contribution < 1.29 is 9.18 Å². The largest absolute Gasteiger partial charge is 0.289 e. The second-order valence-electron chi connectivity index (χ2n) is 3.80. The first-order chi connectivity index (χ1) is 8.08.